The molecule has 1 aromatic heterocycles. The van der Waals surface area contributed by atoms with Crippen LogP contribution in [0.4, 0.5) is 0 Å². The fourth-order valence-electron chi connectivity index (χ4n) is 5.00. The van der Waals surface area contributed by atoms with E-state index in [-0.39, 0.29) is 17.4 Å². The summed E-state index contributed by atoms with van der Waals surface area (Å²) in [6.45, 7) is 0. The van der Waals surface area contributed by atoms with E-state index >= 15 is 0 Å². The second-order valence-electron chi connectivity index (χ2n) is 9.78. The predicted octanol–water partition coefficient (Wildman–Crippen LogP) is 8.18. The second kappa shape index (κ2) is 9.93. The number of rotatable bonds is 8. The number of benzene rings is 3. The second-order valence-corrected chi connectivity index (χ2v) is 11.0. The Balaban J connectivity index is 1.23. The first-order chi connectivity index (χ1) is 18.3. The highest BCUT2D eigenvalue weighted by atomic mass is 35.5. The molecular formula is C29H23Cl3N2O4. The number of hydrogen-bond donors (Lipinski definition) is 2. The predicted molar refractivity (Wildman–Crippen MR) is 146 cm³/mol. The van der Waals surface area contributed by atoms with E-state index in [9.17, 15) is 4.79 Å². The number of ether oxygens (including phenoxy) is 1. The molecule has 0 amide bonds. The molecule has 2 aliphatic carbocycles. The molecule has 4 aromatic rings. The van der Waals surface area contributed by atoms with Crippen LogP contribution in [0.15, 0.2) is 65.2 Å². The van der Waals surface area contributed by atoms with Crippen molar-refractivity contribution in [3.63, 3.8) is 0 Å². The van der Waals surface area contributed by atoms with Gasteiger partial charge in [0.2, 0.25) is 0 Å². The van der Waals surface area contributed by atoms with Gasteiger partial charge in [-0.1, -0.05) is 64.2 Å². The minimum absolute atomic E-state index is 0.240. The lowest BCUT2D eigenvalue weighted by Gasteiger charge is -2.17. The summed E-state index contributed by atoms with van der Waals surface area (Å²) in [7, 11) is 0. The standard InChI is InChI=1S/C29H23Cl3N2O4/c30-21-2-1-3-22(31)24(21)26-25(27(38-34-26)15-6-7-15)28(33)37-17-10-11-18(23(32)12-17)20-13-19(20)14-4-8-16(9-5-14)29(35)36/h1-5,8-12,15,19-20,28H,6-7,13,33H2,(H,35,36). The highest BCUT2D eigenvalue weighted by Gasteiger charge is 2.41. The number of carboxylic acids is 1. The molecule has 2 saturated carbocycles. The molecule has 9 heteroatoms. The molecule has 0 saturated heterocycles. The first-order valence-corrected chi connectivity index (χ1v) is 13.4. The molecule has 1 heterocycles. The zero-order valence-electron chi connectivity index (χ0n) is 20.0. The van der Waals surface area contributed by atoms with Crippen molar-refractivity contribution in [2.24, 2.45) is 5.73 Å². The van der Waals surface area contributed by atoms with E-state index < -0.39 is 12.2 Å². The van der Waals surface area contributed by atoms with Crippen molar-refractivity contribution in [1.82, 2.24) is 5.16 Å². The summed E-state index contributed by atoms with van der Waals surface area (Å²) in [4.78, 5) is 11.1. The molecule has 3 atom stereocenters. The van der Waals surface area contributed by atoms with E-state index in [1.165, 1.54) is 0 Å². The van der Waals surface area contributed by atoms with Crippen LogP contribution >= 0.6 is 34.8 Å². The number of aromatic carboxylic acids is 1. The van der Waals surface area contributed by atoms with Crippen LogP contribution in [0.3, 0.4) is 0 Å². The summed E-state index contributed by atoms with van der Waals surface area (Å²) in [6.07, 6.45) is 2.06. The molecule has 2 aliphatic rings. The Labute approximate surface area is 234 Å². The first kappa shape index (κ1) is 25.3. The number of nitrogens with two attached hydrogens (primary N) is 1. The third-order valence-corrected chi connectivity index (χ3v) is 8.16. The van der Waals surface area contributed by atoms with Gasteiger partial charge >= 0.3 is 5.97 Å². The third kappa shape index (κ3) is 4.78. The monoisotopic (exact) mass is 568 g/mol. The quantitative estimate of drug-likeness (QED) is 0.208. The van der Waals surface area contributed by atoms with Crippen molar-refractivity contribution in [2.45, 2.75) is 43.2 Å². The van der Waals surface area contributed by atoms with Crippen LogP contribution in [0.25, 0.3) is 11.3 Å². The van der Waals surface area contributed by atoms with Crippen molar-refractivity contribution in [2.75, 3.05) is 0 Å². The largest absolute Gasteiger partial charge is 0.478 e. The van der Waals surface area contributed by atoms with Crippen molar-refractivity contribution in [3.05, 3.63) is 104 Å². The highest BCUT2D eigenvalue weighted by molar-refractivity contribution is 6.39. The number of hydrogen-bond acceptors (Lipinski definition) is 5. The maximum atomic E-state index is 11.1. The molecule has 38 heavy (non-hydrogen) atoms. The summed E-state index contributed by atoms with van der Waals surface area (Å²) < 4.78 is 11.9. The molecule has 3 aromatic carbocycles. The summed E-state index contributed by atoms with van der Waals surface area (Å²) in [5, 5.41) is 14.9. The Kier molecular flexibility index (Phi) is 6.60. The Morgan fingerprint density at radius 1 is 1.00 bits per heavy atom. The van der Waals surface area contributed by atoms with Gasteiger partial charge < -0.3 is 14.4 Å². The topological polar surface area (TPSA) is 98.6 Å². The van der Waals surface area contributed by atoms with Crippen LogP contribution in [-0.2, 0) is 0 Å². The van der Waals surface area contributed by atoms with Crippen molar-refractivity contribution in [3.8, 4) is 17.0 Å². The van der Waals surface area contributed by atoms with Crippen LogP contribution in [0, 0.1) is 0 Å². The average molecular weight is 570 g/mol. The fourth-order valence-corrected chi connectivity index (χ4v) is 5.88. The molecule has 0 radical (unpaired) electrons. The first-order valence-electron chi connectivity index (χ1n) is 12.3. The van der Waals surface area contributed by atoms with E-state index in [0.717, 1.165) is 30.4 Å². The zero-order valence-corrected chi connectivity index (χ0v) is 22.3. The molecule has 3 N–H and O–H groups in total. The molecule has 2 fully saturated rings. The number of aromatic nitrogens is 1. The molecule has 0 aliphatic heterocycles. The Bertz CT molecular complexity index is 1510. The van der Waals surface area contributed by atoms with Gasteiger partial charge in [0.15, 0.2) is 6.23 Å². The maximum Gasteiger partial charge on any atom is 0.335 e. The number of carbonyl (C=O) groups is 1. The summed E-state index contributed by atoms with van der Waals surface area (Å²) in [5.41, 5.74) is 10.6. The number of nitrogens with zero attached hydrogens (tertiary/aromatic N) is 1. The lowest BCUT2D eigenvalue weighted by atomic mass is 10.0. The van der Waals surface area contributed by atoms with Crippen LogP contribution in [-0.4, -0.2) is 16.2 Å². The molecule has 6 nitrogen and oxygen atoms in total. The Hall–Kier alpha value is -3.03. The van der Waals surface area contributed by atoms with Crippen LogP contribution < -0.4 is 10.5 Å². The van der Waals surface area contributed by atoms with Crippen molar-refractivity contribution >= 4 is 40.8 Å². The van der Waals surface area contributed by atoms with Crippen LogP contribution in [0.2, 0.25) is 15.1 Å². The Morgan fingerprint density at radius 2 is 1.71 bits per heavy atom. The molecular weight excluding hydrogens is 547 g/mol. The fraction of sp³-hybridized carbons (Fsp3) is 0.241. The van der Waals surface area contributed by atoms with Gasteiger partial charge in [0.25, 0.3) is 0 Å². The minimum atomic E-state index is -0.932. The molecule has 0 bridgehead atoms. The summed E-state index contributed by atoms with van der Waals surface area (Å²) in [6, 6.07) is 17.9. The van der Waals surface area contributed by atoms with Gasteiger partial charge in [-0.15, -0.1) is 0 Å². The Morgan fingerprint density at radius 3 is 2.34 bits per heavy atom. The lowest BCUT2D eigenvalue weighted by molar-refractivity contribution is 0.0697. The van der Waals surface area contributed by atoms with Crippen molar-refractivity contribution < 1.29 is 19.2 Å². The van der Waals surface area contributed by atoms with Crippen LogP contribution in [0.1, 0.15) is 76.1 Å². The number of halogens is 3. The number of carboxylic acid groups (broad SMARTS) is 1. The third-order valence-electron chi connectivity index (χ3n) is 7.20. The maximum absolute atomic E-state index is 11.1. The molecule has 6 rings (SSSR count). The van der Waals surface area contributed by atoms with Crippen LogP contribution in [0.5, 0.6) is 5.75 Å². The molecule has 194 valence electrons. The van der Waals surface area contributed by atoms with Gasteiger partial charge in [-0.25, -0.2) is 4.79 Å². The molecule has 0 spiro atoms. The normalized spacial score (nSPS) is 19.3. The van der Waals surface area contributed by atoms with Gasteiger partial charge in [0.1, 0.15) is 17.2 Å². The van der Waals surface area contributed by atoms with E-state index in [1.807, 2.05) is 24.3 Å². The van der Waals surface area contributed by atoms with E-state index in [4.69, 9.17) is 54.9 Å². The zero-order chi connectivity index (χ0) is 26.6. The van der Waals surface area contributed by atoms with E-state index in [0.29, 0.717) is 49.3 Å². The van der Waals surface area contributed by atoms with Gasteiger partial charge in [-0.3, -0.25) is 5.73 Å². The van der Waals surface area contributed by atoms with Gasteiger partial charge in [0, 0.05) is 16.5 Å². The summed E-state index contributed by atoms with van der Waals surface area (Å²) >= 11 is 19.6. The van der Waals surface area contributed by atoms with Gasteiger partial charge in [0.05, 0.1) is 21.2 Å². The summed E-state index contributed by atoms with van der Waals surface area (Å²) in [5.74, 6) is 1.08. The average Bonchev–Trinajstić information content (AvgIpc) is 3.82. The SMILES string of the molecule is NC(Oc1ccc(C2CC2c2ccc(C(=O)O)cc2)c(Cl)c1)c1c(-c2c(Cl)cccc2Cl)noc1C1CC1. The van der Waals surface area contributed by atoms with Crippen molar-refractivity contribution in [1.29, 1.82) is 0 Å². The van der Waals surface area contributed by atoms with E-state index in [2.05, 4.69) is 5.16 Å². The minimum Gasteiger partial charge on any atom is -0.478 e. The molecule has 3 unspecified atom stereocenters. The van der Waals surface area contributed by atoms with Gasteiger partial charge in [-0.2, -0.15) is 0 Å². The van der Waals surface area contributed by atoms with Gasteiger partial charge in [-0.05, 0) is 78.6 Å². The highest BCUT2D eigenvalue weighted by Crippen LogP contribution is 2.56. The lowest BCUT2D eigenvalue weighted by Crippen LogP contribution is -2.19. The smallest absolute Gasteiger partial charge is 0.335 e. The van der Waals surface area contributed by atoms with E-state index in [1.54, 1.807) is 36.4 Å².